The third kappa shape index (κ3) is 5.37. The van der Waals surface area contributed by atoms with Crippen LogP contribution in [-0.2, 0) is 11.3 Å². The number of hydrogen-bond acceptors (Lipinski definition) is 6. The molecule has 0 saturated heterocycles. The highest BCUT2D eigenvalue weighted by Crippen LogP contribution is 2.34. The molecule has 10 nitrogen and oxygen atoms in total. The van der Waals surface area contributed by atoms with Gasteiger partial charge in [-0.15, -0.1) is 0 Å². The highest BCUT2D eigenvalue weighted by atomic mass is 19.1. The Hall–Kier alpha value is -4.09. The van der Waals surface area contributed by atoms with Crippen LogP contribution in [0, 0.1) is 11.7 Å². The van der Waals surface area contributed by atoms with Gasteiger partial charge in [-0.05, 0) is 56.2 Å². The fraction of sp³-hybridized carbons (Fsp3) is 0.400. The van der Waals surface area contributed by atoms with E-state index < -0.39 is 23.3 Å². The SMILES string of the molecule is CC1(F)CCC(CNC(=O)c2cc(C(=O)NCc3ccc4c(c3)NC(=O)CO4)nc3c(F)cnn23)CC1. The van der Waals surface area contributed by atoms with E-state index >= 15 is 0 Å². The second-order valence-electron chi connectivity index (χ2n) is 9.67. The highest BCUT2D eigenvalue weighted by molar-refractivity contribution is 5.98. The average Bonchev–Trinajstić information content (AvgIpc) is 3.26. The van der Waals surface area contributed by atoms with Gasteiger partial charge in [-0.1, -0.05) is 6.07 Å². The quantitative estimate of drug-likeness (QED) is 0.466. The van der Waals surface area contributed by atoms with E-state index in [0.29, 0.717) is 49.2 Å². The summed E-state index contributed by atoms with van der Waals surface area (Å²) in [6, 6.07) is 6.35. The number of hydrogen-bond donors (Lipinski definition) is 3. The van der Waals surface area contributed by atoms with E-state index in [2.05, 4.69) is 26.0 Å². The van der Waals surface area contributed by atoms with Crippen LogP contribution in [0.2, 0.25) is 0 Å². The van der Waals surface area contributed by atoms with Gasteiger partial charge in [0.15, 0.2) is 18.1 Å². The number of aromatic nitrogens is 3. The molecule has 1 fully saturated rings. The van der Waals surface area contributed by atoms with Crippen molar-refractivity contribution in [3.05, 3.63) is 53.2 Å². The van der Waals surface area contributed by atoms with Gasteiger partial charge in [-0.3, -0.25) is 14.4 Å². The summed E-state index contributed by atoms with van der Waals surface area (Å²) >= 11 is 0. The van der Waals surface area contributed by atoms with Crippen molar-refractivity contribution in [2.45, 2.75) is 44.8 Å². The number of anilines is 1. The zero-order valence-electron chi connectivity index (χ0n) is 20.1. The monoisotopic (exact) mass is 512 g/mol. The molecule has 1 saturated carbocycles. The van der Waals surface area contributed by atoms with Gasteiger partial charge in [0.25, 0.3) is 17.7 Å². The van der Waals surface area contributed by atoms with Gasteiger partial charge < -0.3 is 20.7 Å². The summed E-state index contributed by atoms with van der Waals surface area (Å²) in [5.41, 5.74) is -0.442. The summed E-state index contributed by atoms with van der Waals surface area (Å²) in [5, 5.41) is 12.1. The molecule has 2 aliphatic rings. The lowest BCUT2D eigenvalue weighted by molar-refractivity contribution is -0.118. The Labute approximate surface area is 210 Å². The molecular formula is C25H26F2N6O4. The van der Waals surface area contributed by atoms with Crippen molar-refractivity contribution in [1.82, 2.24) is 25.2 Å². The number of nitrogens with zero attached hydrogens (tertiary/aromatic N) is 3. The Balaban J connectivity index is 1.29. The maximum Gasteiger partial charge on any atom is 0.270 e. The molecule has 0 spiro atoms. The molecule has 1 aromatic carbocycles. The van der Waals surface area contributed by atoms with Crippen LogP contribution >= 0.6 is 0 Å². The van der Waals surface area contributed by atoms with E-state index in [9.17, 15) is 23.2 Å². The van der Waals surface area contributed by atoms with E-state index in [1.54, 1.807) is 25.1 Å². The topological polar surface area (TPSA) is 127 Å². The first-order chi connectivity index (χ1) is 17.7. The lowest BCUT2D eigenvalue weighted by Crippen LogP contribution is -2.35. The van der Waals surface area contributed by atoms with Crippen molar-refractivity contribution < 1.29 is 27.9 Å². The zero-order valence-corrected chi connectivity index (χ0v) is 20.1. The minimum absolute atomic E-state index is 0.0427. The Bertz CT molecular complexity index is 1380. The van der Waals surface area contributed by atoms with Gasteiger partial charge in [-0.25, -0.2) is 18.3 Å². The molecular weight excluding hydrogens is 486 g/mol. The van der Waals surface area contributed by atoms with Crippen molar-refractivity contribution in [3.8, 4) is 5.75 Å². The molecule has 37 heavy (non-hydrogen) atoms. The number of carbonyl (C=O) groups excluding carboxylic acids is 3. The lowest BCUT2D eigenvalue weighted by atomic mass is 9.81. The summed E-state index contributed by atoms with van der Waals surface area (Å²) in [5.74, 6) is -1.55. The minimum atomic E-state index is -1.17. The van der Waals surface area contributed by atoms with Crippen LogP contribution in [-0.4, -0.2) is 51.1 Å². The summed E-state index contributed by atoms with van der Waals surface area (Å²) in [7, 11) is 0. The first-order valence-corrected chi connectivity index (χ1v) is 12.0. The van der Waals surface area contributed by atoms with Crippen LogP contribution in [0.25, 0.3) is 5.65 Å². The third-order valence-corrected chi connectivity index (χ3v) is 6.72. The number of alkyl halides is 1. The number of benzene rings is 1. The average molecular weight is 513 g/mol. The Kier molecular flexibility index (Phi) is 6.48. The molecule has 3 amide bonds. The number of carbonyl (C=O) groups is 3. The second kappa shape index (κ2) is 9.75. The first kappa shape index (κ1) is 24.6. The van der Waals surface area contributed by atoms with E-state index in [1.807, 2.05) is 0 Å². The van der Waals surface area contributed by atoms with Gasteiger partial charge in [0.2, 0.25) is 0 Å². The highest BCUT2D eigenvalue weighted by Gasteiger charge is 2.31. The van der Waals surface area contributed by atoms with Gasteiger partial charge in [0.1, 0.15) is 22.8 Å². The van der Waals surface area contributed by atoms with Crippen molar-refractivity contribution in [2.24, 2.45) is 5.92 Å². The Morgan fingerprint density at radius 3 is 2.78 bits per heavy atom. The predicted octanol–water partition coefficient (Wildman–Crippen LogP) is 2.78. The van der Waals surface area contributed by atoms with Crippen LogP contribution in [0.3, 0.4) is 0 Å². The molecule has 0 unspecified atom stereocenters. The molecule has 5 rings (SSSR count). The third-order valence-electron chi connectivity index (χ3n) is 6.72. The molecule has 3 aromatic rings. The normalized spacial score (nSPS) is 21.1. The molecule has 1 aliphatic heterocycles. The number of halogens is 2. The van der Waals surface area contributed by atoms with Crippen molar-refractivity contribution >= 4 is 29.1 Å². The van der Waals surface area contributed by atoms with E-state index in [-0.39, 0.29) is 42.0 Å². The number of fused-ring (bicyclic) bond motifs is 2. The molecule has 0 radical (unpaired) electrons. The van der Waals surface area contributed by atoms with E-state index in [4.69, 9.17) is 4.74 Å². The largest absolute Gasteiger partial charge is 0.482 e. The van der Waals surface area contributed by atoms with Gasteiger partial charge in [0, 0.05) is 19.2 Å². The maximum absolute atomic E-state index is 14.3. The van der Waals surface area contributed by atoms with Gasteiger partial charge in [0.05, 0.1) is 11.9 Å². The standard InChI is InChI=1S/C25H26F2N6O4/c1-25(27)6-4-14(5-7-25)10-29-24(36)19-9-18(32-22-16(26)12-30-33(19)22)23(35)28-11-15-2-3-20-17(8-15)31-21(34)13-37-20/h2-3,8-9,12,14H,4-7,10-11,13H2,1H3,(H,28,35)(H,29,36)(H,31,34). The van der Waals surface area contributed by atoms with Crippen LogP contribution in [0.1, 0.15) is 59.1 Å². The lowest BCUT2D eigenvalue weighted by Gasteiger charge is -2.31. The Morgan fingerprint density at radius 2 is 2.00 bits per heavy atom. The minimum Gasteiger partial charge on any atom is -0.482 e. The molecule has 12 heteroatoms. The Morgan fingerprint density at radius 1 is 1.22 bits per heavy atom. The predicted molar refractivity (Wildman–Crippen MR) is 128 cm³/mol. The number of rotatable bonds is 6. The van der Waals surface area contributed by atoms with Gasteiger partial charge >= 0.3 is 0 Å². The van der Waals surface area contributed by atoms with Gasteiger partial charge in [-0.2, -0.15) is 5.10 Å². The summed E-state index contributed by atoms with van der Waals surface area (Å²) in [6.45, 7) is 1.96. The summed E-state index contributed by atoms with van der Waals surface area (Å²) < 4.78 is 34.8. The second-order valence-corrected chi connectivity index (χ2v) is 9.67. The number of nitrogens with one attached hydrogen (secondary N) is 3. The van der Waals surface area contributed by atoms with E-state index in [1.165, 1.54) is 6.07 Å². The van der Waals surface area contributed by atoms with Crippen LogP contribution in [0.4, 0.5) is 14.5 Å². The zero-order chi connectivity index (χ0) is 26.2. The van der Waals surface area contributed by atoms with Crippen LogP contribution in [0.15, 0.2) is 30.5 Å². The molecule has 3 heterocycles. The summed E-state index contributed by atoms with van der Waals surface area (Å²) in [6.07, 6.45) is 3.10. The van der Waals surface area contributed by atoms with E-state index in [0.717, 1.165) is 10.7 Å². The molecule has 3 N–H and O–H groups in total. The van der Waals surface area contributed by atoms with Crippen molar-refractivity contribution in [1.29, 1.82) is 0 Å². The van der Waals surface area contributed by atoms with Crippen LogP contribution < -0.4 is 20.7 Å². The van der Waals surface area contributed by atoms with Crippen LogP contribution in [0.5, 0.6) is 5.75 Å². The molecule has 2 aromatic heterocycles. The number of amides is 3. The molecule has 0 atom stereocenters. The smallest absolute Gasteiger partial charge is 0.270 e. The molecule has 1 aliphatic carbocycles. The molecule has 194 valence electrons. The fourth-order valence-electron chi connectivity index (χ4n) is 4.54. The number of ether oxygens (including phenoxy) is 1. The first-order valence-electron chi connectivity index (χ1n) is 12.0. The van der Waals surface area contributed by atoms with Crippen molar-refractivity contribution in [2.75, 3.05) is 18.5 Å². The summed E-state index contributed by atoms with van der Waals surface area (Å²) in [4.78, 5) is 41.5. The van der Waals surface area contributed by atoms with Crippen molar-refractivity contribution in [3.63, 3.8) is 0 Å². The fourth-order valence-corrected chi connectivity index (χ4v) is 4.54. The maximum atomic E-state index is 14.3. The molecule has 0 bridgehead atoms.